The lowest BCUT2D eigenvalue weighted by Gasteiger charge is -2.30. The van der Waals surface area contributed by atoms with Gasteiger partial charge in [-0.15, -0.1) is 0 Å². The largest absolute Gasteiger partial charge is 0.380 e. The van der Waals surface area contributed by atoms with E-state index in [1.54, 1.807) is 0 Å². The second-order valence-electron chi connectivity index (χ2n) is 7.18. The fraction of sp³-hybridized carbons (Fsp3) is 0.632. The van der Waals surface area contributed by atoms with E-state index in [2.05, 4.69) is 33.8 Å². The molecule has 2 heterocycles. The van der Waals surface area contributed by atoms with Crippen LogP contribution < -0.4 is 20.9 Å². The van der Waals surface area contributed by atoms with Crippen LogP contribution in [0.25, 0.3) is 0 Å². The summed E-state index contributed by atoms with van der Waals surface area (Å²) in [5, 5.41) is 9.86. The maximum atomic E-state index is 11.1. The van der Waals surface area contributed by atoms with Gasteiger partial charge < -0.3 is 25.6 Å². The van der Waals surface area contributed by atoms with E-state index < -0.39 is 0 Å². The highest BCUT2D eigenvalue weighted by Crippen LogP contribution is 2.38. The average Bonchev–Trinajstić information content (AvgIpc) is 3.04. The number of carbonyl (C=O) groups is 1. The minimum Gasteiger partial charge on any atom is -0.380 e. The van der Waals surface area contributed by atoms with Crippen molar-refractivity contribution < 1.29 is 9.53 Å². The summed E-state index contributed by atoms with van der Waals surface area (Å²) < 4.78 is 5.61. The number of hydrogen-bond donors (Lipinski definition) is 3. The smallest absolute Gasteiger partial charge is 0.211 e. The lowest BCUT2D eigenvalue weighted by molar-refractivity contribution is -0.105. The predicted molar refractivity (Wildman–Crippen MR) is 102 cm³/mol. The fourth-order valence-electron chi connectivity index (χ4n) is 3.88. The van der Waals surface area contributed by atoms with E-state index in [9.17, 15) is 4.79 Å². The summed E-state index contributed by atoms with van der Waals surface area (Å²) in [6, 6.07) is 4.44. The predicted octanol–water partition coefficient (Wildman–Crippen LogP) is 2.41. The molecule has 0 aromatic heterocycles. The number of rotatable bonds is 7. The molecule has 25 heavy (non-hydrogen) atoms. The summed E-state index contributed by atoms with van der Waals surface area (Å²) >= 11 is 0. The maximum Gasteiger partial charge on any atom is 0.211 e. The monoisotopic (exact) mass is 346 g/mol. The molecule has 2 aliphatic heterocycles. The minimum atomic E-state index is 0.347. The summed E-state index contributed by atoms with van der Waals surface area (Å²) in [7, 11) is 1.96. The first-order chi connectivity index (χ1) is 12.2. The Balaban J connectivity index is 1.95. The molecule has 0 aliphatic carbocycles. The van der Waals surface area contributed by atoms with E-state index in [-0.39, 0.29) is 0 Å². The molecule has 3 N–H and O–H groups in total. The van der Waals surface area contributed by atoms with Crippen LogP contribution in [0.1, 0.15) is 31.7 Å². The summed E-state index contributed by atoms with van der Waals surface area (Å²) in [4.78, 5) is 13.5. The molecule has 0 bridgehead atoms. The lowest BCUT2D eigenvalue weighted by atomic mass is 10.0. The number of amides is 1. The molecular formula is C19H30N4O2. The van der Waals surface area contributed by atoms with Gasteiger partial charge in [-0.05, 0) is 44.4 Å². The number of hydrogen-bond acceptors (Lipinski definition) is 5. The number of carbonyl (C=O) groups excluding carboxylic acids is 1. The van der Waals surface area contributed by atoms with Crippen LogP contribution in [0.5, 0.6) is 0 Å². The first kappa shape index (κ1) is 18.0. The van der Waals surface area contributed by atoms with Crippen LogP contribution in [0.15, 0.2) is 12.1 Å². The first-order valence-electron chi connectivity index (χ1n) is 9.32. The molecule has 0 spiro atoms. The Labute approximate surface area is 150 Å². The van der Waals surface area contributed by atoms with Gasteiger partial charge in [0.2, 0.25) is 6.41 Å². The number of nitrogens with zero attached hydrogens (tertiary/aromatic N) is 1. The molecular weight excluding hydrogens is 316 g/mol. The number of benzene rings is 1. The Hall–Kier alpha value is -1.79. The van der Waals surface area contributed by atoms with Gasteiger partial charge in [0.15, 0.2) is 0 Å². The fourth-order valence-corrected chi connectivity index (χ4v) is 3.88. The zero-order chi connectivity index (χ0) is 17.6. The van der Waals surface area contributed by atoms with Crippen molar-refractivity contribution in [2.24, 2.45) is 5.92 Å². The van der Waals surface area contributed by atoms with Crippen molar-refractivity contribution in [1.29, 1.82) is 0 Å². The minimum absolute atomic E-state index is 0.347. The van der Waals surface area contributed by atoms with E-state index >= 15 is 0 Å². The van der Waals surface area contributed by atoms with Crippen LogP contribution in [0.2, 0.25) is 0 Å². The zero-order valence-electron chi connectivity index (χ0n) is 15.3. The van der Waals surface area contributed by atoms with Crippen LogP contribution in [-0.2, 0) is 16.1 Å². The van der Waals surface area contributed by atoms with Gasteiger partial charge in [0.1, 0.15) is 0 Å². The van der Waals surface area contributed by atoms with Gasteiger partial charge in [0.05, 0.1) is 18.0 Å². The van der Waals surface area contributed by atoms with Gasteiger partial charge in [0.25, 0.3) is 0 Å². The normalized spacial score (nSPS) is 23.5. The quantitative estimate of drug-likeness (QED) is 0.662. The van der Waals surface area contributed by atoms with Crippen molar-refractivity contribution in [3.8, 4) is 0 Å². The van der Waals surface area contributed by atoms with Gasteiger partial charge in [-0.2, -0.15) is 0 Å². The van der Waals surface area contributed by atoms with Crippen LogP contribution in [0.4, 0.5) is 17.1 Å². The van der Waals surface area contributed by atoms with Crippen molar-refractivity contribution in [3.63, 3.8) is 0 Å². The van der Waals surface area contributed by atoms with Gasteiger partial charge >= 0.3 is 0 Å². The Morgan fingerprint density at radius 1 is 1.32 bits per heavy atom. The number of nitrogens with one attached hydrogen (secondary N) is 3. The maximum absolute atomic E-state index is 11.1. The molecule has 2 fully saturated rings. The third kappa shape index (κ3) is 4.25. The van der Waals surface area contributed by atoms with E-state index in [4.69, 9.17) is 4.74 Å². The third-order valence-electron chi connectivity index (χ3n) is 5.11. The molecule has 0 radical (unpaired) electrons. The topological polar surface area (TPSA) is 65.6 Å². The molecule has 3 rings (SSSR count). The van der Waals surface area contributed by atoms with Crippen LogP contribution in [-0.4, -0.2) is 45.8 Å². The average molecular weight is 346 g/mol. The number of ether oxygens (including phenoxy) is 1. The van der Waals surface area contributed by atoms with Crippen molar-refractivity contribution in [1.82, 2.24) is 5.32 Å². The molecule has 2 atom stereocenters. The van der Waals surface area contributed by atoms with E-state index in [0.29, 0.717) is 12.0 Å². The van der Waals surface area contributed by atoms with Crippen molar-refractivity contribution in [2.75, 3.05) is 48.9 Å². The molecule has 1 aromatic carbocycles. The van der Waals surface area contributed by atoms with Gasteiger partial charge in [-0.1, -0.05) is 6.92 Å². The lowest BCUT2D eigenvalue weighted by Crippen LogP contribution is -2.31. The highest BCUT2D eigenvalue weighted by molar-refractivity contribution is 5.87. The molecule has 1 aromatic rings. The Bertz CT molecular complexity index is 587. The van der Waals surface area contributed by atoms with Crippen LogP contribution in [0, 0.1) is 5.92 Å². The molecule has 2 saturated heterocycles. The molecule has 138 valence electrons. The highest BCUT2D eigenvalue weighted by Gasteiger charge is 2.26. The summed E-state index contributed by atoms with van der Waals surface area (Å²) in [5.74, 6) is 0.676. The molecule has 0 saturated carbocycles. The molecule has 2 unspecified atom stereocenters. The summed E-state index contributed by atoms with van der Waals surface area (Å²) in [6.45, 7) is 6.71. The van der Waals surface area contributed by atoms with E-state index in [1.165, 1.54) is 12.0 Å². The molecule has 2 aliphatic rings. The van der Waals surface area contributed by atoms with E-state index in [1.807, 2.05) is 13.1 Å². The van der Waals surface area contributed by atoms with E-state index in [0.717, 1.165) is 69.2 Å². The van der Waals surface area contributed by atoms with Gasteiger partial charge in [0, 0.05) is 43.5 Å². The van der Waals surface area contributed by atoms with Gasteiger partial charge in [-0.3, -0.25) is 4.79 Å². The van der Waals surface area contributed by atoms with Crippen LogP contribution >= 0.6 is 0 Å². The standard InChI is InChI=1S/C19H30N4O2/c1-14-7-8-23(11-14)19-16(10-20-2)17(5-6-18(19)21-13-24)22-15-4-3-9-25-12-15/h5-6,13-15,20,22H,3-4,7-12H2,1-2H3,(H,21,24). The zero-order valence-corrected chi connectivity index (χ0v) is 15.3. The Morgan fingerprint density at radius 3 is 2.80 bits per heavy atom. The van der Waals surface area contributed by atoms with Crippen LogP contribution in [0.3, 0.4) is 0 Å². The van der Waals surface area contributed by atoms with Crippen molar-refractivity contribution >= 4 is 23.5 Å². The third-order valence-corrected chi connectivity index (χ3v) is 5.11. The van der Waals surface area contributed by atoms with Crippen molar-refractivity contribution in [2.45, 2.75) is 38.8 Å². The van der Waals surface area contributed by atoms with Gasteiger partial charge in [-0.25, -0.2) is 0 Å². The SMILES string of the molecule is CNCc1c(NC2CCCOC2)ccc(NC=O)c1N1CCC(C)C1. The highest BCUT2D eigenvalue weighted by atomic mass is 16.5. The first-order valence-corrected chi connectivity index (χ1v) is 9.32. The summed E-state index contributed by atoms with van der Waals surface area (Å²) in [6.07, 6.45) is 4.18. The molecule has 1 amide bonds. The Kier molecular flexibility index (Phi) is 6.15. The molecule has 6 heteroatoms. The second kappa shape index (κ2) is 8.54. The second-order valence-corrected chi connectivity index (χ2v) is 7.18. The number of anilines is 3. The molecule has 6 nitrogen and oxygen atoms in total. The summed E-state index contributed by atoms with van der Waals surface area (Å²) in [5.41, 5.74) is 4.39. The Morgan fingerprint density at radius 2 is 2.16 bits per heavy atom. The van der Waals surface area contributed by atoms with Crippen molar-refractivity contribution in [3.05, 3.63) is 17.7 Å².